The van der Waals surface area contributed by atoms with E-state index >= 15 is 0 Å². The number of hydrogen-bond donors (Lipinski definition) is 1. The minimum absolute atomic E-state index is 0.0642. The summed E-state index contributed by atoms with van der Waals surface area (Å²) in [4.78, 5) is 21.0. The molecule has 1 N–H and O–H groups in total. The summed E-state index contributed by atoms with van der Waals surface area (Å²) in [6, 6.07) is 8.21. The summed E-state index contributed by atoms with van der Waals surface area (Å²) in [7, 11) is 0. The Kier molecular flexibility index (Phi) is 4.08. The molecule has 0 saturated carbocycles. The van der Waals surface area contributed by atoms with Crippen molar-refractivity contribution < 1.29 is 13.6 Å². The number of nitrogens with zero attached hydrogens (tertiary/aromatic N) is 4. The lowest BCUT2D eigenvalue weighted by Gasteiger charge is -2.10. The molecule has 0 fully saturated rings. The molecule has 0 radical (unpaired) electrons. The number of carbonyl (C=O) groups is 1. The maximum atomic E-state index is 13.6. The van der Waals surface area contributed by atoms with Crippen LogP contribution in [0.25, 0.3) is 15.9 Å². The number of nitrogens with one attached hydrogen (secondary N) is 1. The summed E-state index contributed by atoms with van der Waals surface area (Å²) in [5.74, 6) is -0.572. The number of benzene rings is 1. The van der Waals surface area contributed by atoms with Gasteiger partial charge >= 0.3 is 5.38 Å². The third-order valence-electron chi connectivity index (χ3n) is 3.84. The zero-order valence-corrected chi connectivity index (χ0v) is 15.7. The quantitative estimate of drug-likeness (QED) is 0.508. The van der Waals surface area contributed by atoms with Crippen LogP contribution in [-0.4, -0.2) is 25.5 Å². The second-order valence-electron chi connectivity index (χ2n) is 6.02. The molecule has 0 saturated heterocycles. The number of rotatable bonds is 3. The maximum absolute atomic E-state index is 13.6. The van der Waals surface area contributed by atoms with Crippen molar-refractivity contribution in [3.05, 3.63) is 53.0 Å². The Balaban J connectivity index is 1.69. The monoisotopic (exact) mass is 407 g/mol. The van der Waals surface area contributed by atoms with Gasteiger partial charge in [0.15, 0.2) is 16.5 Å². The van der Waals surface area contributed by atoms with Gasteiger partial charge in [0.25, 0.3) is 5.91 Å². The highest BCUT2D eigenvalue weighted by Crippen LogP contribution is 2.33. The van der Waals surface area contributed by atoms with Gasteiger partial charge in [-0.1, -0.05) is 17.4 Å². The van der Waals surface area contributed by atoms with Crippen LogP contribution in [0, 0.1) is 13.8 Å². The van der Waals surface area contributed by atoms with Crippen molar-refractivity contribution in [2.24, 2.45) is 0 Å². The van der Waals surface area contributed by atoms with Gasteiger partial charge in [0, 0.05) is 11.8 Å². The van der Waals surface area contributed by atoms with Crippen molar-refractivity contribution in [1.29, 1.82) is 0 Å². The zero-order chi connectivity index (χ0) is 19.3. The lowest BCUT2D eigenvalue weighted by molar-refractivity contribution is 0.0868. The Morgan fingerprint density at radius 1 is 1.22 bits per heavy atom. The number of halogens is 3. The van der Waals surface area contributed by atoms with Crippen molar-refractivity contribution >= 4 is 49.8 Å². The van der Waals surface area contributed by atoms with E-state index in [0.29, 0.717) is 10.8 Å². The highest BCUT2D eigenvalue weighted by molar-refractivity contribution is 7.22. The zero-order valence-electron chi connectivity index (χ0n) is 14.1. The number of fused-ring (bicyclic) bond motifs is 2. The van der Waals surface area contributed by atoms with Crippen LogP contribution < -0.4 is 5.32 Å². The Morgan fingerprint density at radius 3 is 2.74 bits per heavy atom. The third-order valence-corrected chi connectivity index (χ3v) is 4.97. The number of anilines is 1. The van der Waals surface area contributed by atoms with E-state index in [1.807, 2.05) is 25.1 Å². The highest BCUT2D eigenvalue weighted by atomic mass is 35.5. The first kappa shape index (κ1) is 17.7. The minimum Gasteiger partial charge on any atom is -0.296 e. The molecule has 0 spiro atoms. The second-order valence-corrected chi connectivity index (χ2v) is 7.53. The van der Waals surface area contributed by atoms with Gasteiger partial charge in [-0.05, 0) is 49.2 Å². The molecule has 138 valence electrons. The molecule has 4 aromatic rings. The fourth-order valence-corrected chi connectivity index (χ4v) is 3.75. The lowest BCUT2D eigenvalue weighted by atomic mass is 10.2. The van der Waals surface area contributed by atoms with Crippen LogP contribution in [0.1, 0.15) is 27.4 Å². The van der Waals surface area contributed by atoms with E-state index in [9.17, 15) is 13.6 Å². The van der Waals surface area contributed by atoms with E-state index < -0.39 is 17.0 Å². The molecule has 0 aliphatic heterocycles. The molecule has 6 nitrogen and oxygen atoms in total. The van der Waals surface area contributed by atoms with Gasteiger partial charge in [-0.3, -0.25) is 10.1 Å². The lowest BCUT2D eigenvalue weighted by Crippen LogP contribution is -2.15. The molecule has 3 aromatic heterocycles. The number of carbonyl (C=O) groups excluding carboxylic acids is 1. The van der Waals surface area contributed by atoms with Gasteiger partial charge < -0.3 is 0 Å². The smallest absolute Gasteiger partial charge is 0.296 e. The summed E-state index contributed by atoms with van der Waals surface area (Å²) in [5.41, 5.74) is 1.67. The molecule has 0 aliphatic rings. The molecule has 10 heteroatoms. The molecule has 3 heterocycles. The predicted octanol–water partition coefficient (Wildman–Crippen LogP) is 4.50. The standard InChI is InChI=1S/C17H12ClF2N5OS/c1-8-3-4-10-12(5-8)27-16(22-10)23-15(26)11-7-14-21-9(2)6-13(17(18,19)20)25(14)24-11/h3-7H,1-2H3,(H,22,23,26). The first-order valence-electron chi connectivity index (χ1n) is 7.84. The van der Waals surface area contributed by atoms with E-state index in [2.05, 4.69) is 20.4 Å². The van der Waals surface area contributed by atoms with Gasteiger partial charge in [-0.25, -0.2) is 14.5 Å². The van der Waals surface area contributed by atoms with Crippen molar-refractivity contribution in [2.75, 3.05) is 5.32 Å². The van der Waals surface area contributed by atoms with E-state index in [4.69, 9.17) is 11.6 Å². The predicted molar refractivity (Wildman–Crippen MR) is 99.8 cm³/mol. The van der Waals surface area contributed by atoms with Gasteiger partial charge in [0.05, 0.1) is 10.2 Å². The summed E-state index contributed by atoms with van der Waals surface area (Å²) >= 11 is 6.47. The van der Waals surface area contributed by atoms with Crippen molar-refractivity contribution in [3.63, 3.8) is 0 Å². The fraction of sp³-hybridized carbons (Fsp3) is 0.176. The summed E-state index contributed by atoms with van der Waals surface area (Å²) < 4.78 is 29.1. The number of hydrogen-bond acceptors (Lipinski definition) is 5. The molecular formula is C17H12ClF2N5OS. The maximum Gasteiger partial charge on any atom is 0.364 e. The summed E-state index contributed by atoms with van der Waals surface area (Å²) in [6.07, 6.45) is 0. The van der Waals surface area contributed by atoms with Gasteiger partial charge in [0.2, 0.25) is 0 Å². The van der Waals surface area contributed by atoms with Crippen LogP contribution in [0.15, 0.2) is 30.3 Å². The molecular weight excluding hydrogens is 396 g/mol. The highest BCUT2D eigenvalue weighted by Gasteiger charge is 2.32. The Hall–Kier alpha value is -2.65. The normalized spacial score (nSPS) is 12.0. The van der Waals surface area contributed by atoms with Crippen molar-refractivity contribution in [3.8, 4) is 0 Å². The molecule has 4 rings (SSSR count). The summed E-state index contributed by atoms with van der Waals surface area (Å²) in [6.45, 7) is 3.52. The minimum atomic E-state index is -3.64. The third kappa shape index (κ3) is 3.35. The molecule has 0 atom stereocenters. The largest absolute Gasteiger partial charge is 0.364 e. The Morgan fingerprint density at radius 2 is 2.00 bits per heavy atom. The van der Waals surface area contributed by atoms with Gasteiger partial charge in [0.1, 0.15) is 5.69 Å². The molecule has 0 aliphatic carbocycles. The average Bonchev–Trinajstić information content (AvgIpc) is 3.15. The van der Waals surface area contributed by atoms with Crippen LogP contribution in [0.3, 0.4) is 0 Å². The number of aryl methyl sites for hydroxylation is 2. The number of amides is 1. The number of thiazole rings is 1. The van der Waals surface area contributed by atoms with Crippen LogP contribution in [0.4, 0.5) is 13.9 Å². The summed E-state index contributed by atoms with van der Waals surface area (Å²) in [5, 5.41) is 3.34. The number of aromatic nitrogens is 4. The second kappa shape index (κ2) is 6.21. The molecule has 0 unspecified atom stereocenters. The van der Waals surface area contributed by atoms with Crippen LogP contribution in [-0.2, 0) is 5.38 Å². The van der Waals surface area contributed by atoms with E-state index in [1.165, 1.54) is 17.4 Å². The number of alkyl halides is 3. The van der Waals surface area contributed by atoms with Crippen LogP contribution in [0.5, 0.6) is 0 Å². The average molecular weight is 408 g/mol. The van der Waals surface area contributed by atoms with Crippen LogP contribution >= 0.6 is 22.9 Å². The molecule has 1 aromatic carbocycles. The van der Waals surface area contributed by atoms with E-state index in [1.54, 1.807) is 6.92 Å². The van der Waals surface area contributed by atoms with Crippen LogP contribution in [0.2, 0.25) is 0 Å². The molecule has 0 bridgehead atoms. The topological polar surface area (TPSA) is 72.2 Å². The molecule has 1 amide bonds. The molecule has 27 heavy (non-hydrogen) atoms. The fourth-order valence-electron chi connectivity index (χ4n) is 2.66. The van der Waals surface area contributed by atoms with Gasteiger partial charge in [-0.2, -0.15) is 13.9 Å². The van der Waals surface area contributed by atoms with E-state index in [0.717, 1.165) is 26.4 Å². The van der Waals surface area contributed by atoms with Crippen molar-refractivity contribution in [1.82, 2.24) is 19.6 Å². The SMILES string of the molecule is Cc1ccc2nc(NC(=O)c3cc4nc(C)cc(C(F)(F)Cl)n4n3)sc2c1. The Bertz CT molecular complexity index is 1200. The van der Waals surface area contributed by atoms with E-state index in [-0.39, 0.29) is 11.3 Å². The van der Waals surface area contributed by atoms with Gasteiger partial charge in [-0.15, -0.1) is 0 Å². The first-order chi connectivity index (χ1) is 12.7. The Labute approximate surface area is 160 Å². The van der Waals surface area contributed by atoms with Crippen molar-refractivity contribution in [2.45, 2.75) is 19.2 Å². The first-order valence-corrected chi connectivity index (χ1v) is 9.03.